The molecule has 1 aliphatic carbocycles. The maximum absolute atomic E-state index is 8.81. The minimum atomic E-state index is -0.404. The number of allylic oxidation sites excluding steroid dienone is 1. The van der Waals surface area contributed by atoms with Crippen molar-refractivity contribution in [1.29, 1.82) is 0 Å². The summed E-state index contributed by atoms with van der Waals surface area (Å²) in [6.45, 7) is 0.775. The van der Waals surface area contributed by atoms with Gasteiger partial charge in [0.05, 0.1) is 6.61 Å². The molecule has 14 heavy (non-hydrogen) atoms. The Morgan fingerprint density at radius 3 is 2.71 bits per heavy atom. The van der Waals surface area contributed by atoms with Crippen LogP contribution in [0, 0.1) is 0 Å². The summed E-state index contributed by atoms with van der Waals surface area (Å²) in [5, 5.41) is 20.5. The van der Waals surface area contributed by atoms with E-state index in [9.17, 15) is 0 Å². The third-order valence-corrected chi connectivity index (χ3v) is 2.32. The van der Waals surface area contributed by atoms with Crippen LogP contribution in [-0.2, 0) is 0 Å². The van der Waals surface area contributed by atoms with Crippen LogP contribution >= 0.6 is 0 Å². The van der Waals surface area contributed by atoms with Crippen molar-refractivity contribution in [2.24, 2.45) is 5.73 Å². The standard InChI is InChI=1S/C10H18N2O2/c11-10(5-7-13)3-1-9(2-4-10)12-6-8-14/h1-3,12-14H,4-8,11H2. The van der Waals surface area contributed by atoms with Crippen molar-refractivity contribution in [3.05, 3.63) is 23.9 Å². The van der Waals surface area contributed by atoms with Gasteiger partial charge in [0, 0.05) is 24.4 Å². The van der Waals surface area contributed by atoms with Gasteiger partial charge in [0.1, 0.15) is 0 Å². The molecule has 1 atom stereocenters. The van der Waals surface area contributed by atoms with Gasteiger partial charge in [0.2, 0.25) is 0 Å². The van der Waals surface area contributed by atoms with Crippen molar-refractivity contribution in [3.8, 4) is 0 Å². The second-order valence-corrected chi connectivity index (χ2v) is 3.55. The molecule has 4 nitrogen and oxygen atoms in total. The molecular weight excluding hydrogens is 180 g/mol. The highest BCUT2D eigenvalue weighted by Crippen LogP contribution is 2.20. The summed E-state index contributed by atoms with van der Waals surface area (Å²) >= 11 is 0. The lowest BCUT2D eigenvalue weighted by atomic mass is 9.88. The van der Waals surface area contributed by atoms with E-state index in [4.69, 9.17) is 15.9 Å². The molecule has 0 saturated heterocycles. The zero-order valence-corrected chi connectivity index (χ0v) is 8.24. The fourth-order valence-electron chi connectivity index (χ4n) is 1.42. The van der Waals surface area contributed by atoms with Crippen molar-refractivity contribution < 1.29 is 10.2 Å². The summed E-state index contributed by atoms with van der Waals surface area (Å²) in [6.07, 6.45) is 7.09. The van der Waals surface area contributed by atoms with Gasteiger partial charge in [-0.3, -0.25) is 0 Å². The smallest absolute Gasteiger partial charge is 0.0604 e. The molecule has 0 heterocycles. The van der Waals surface area contributed by atoms with Gasteiger partial charge in [-0.15, -0.1) is 0 Å². The normalized spacial score (nSPS) is 26.1. The third kappa shape index (κ3) is 3.14. The predicted octanol–water partition coefficient (Wildman–Crippen LogP) is -0.508. The molecule has 1 rings (SSSR count). The van der Waals surface area contributed by atoms with Gasteiger partial charge in [-0.2, -0.15) is 0 Å². The number of hydrogen-bond acceptors (Lipinski definition) is 4. The number of aliphatic hydroxyl groups excluding tert-OH is 2. The monoisotopic (exact) mass is 198 g/mol. The maximum atomic E-state index is 8.81. The second kappa shape index (κ2) is 5.14. The Balaban J connectivity index is 2.43. The Labute approximate surface area is 84.1 Å². The molecule has 0 aromatic rings. The molecule has 0 saturated carbocycles. The zero-order chi connectivity index (χ0) is 10.4. The van der Waals surface area contributed by atoms with Crippen LogP contribution in [0.15, 0.2) is 23.9 Å². The first-order valence-electron chi connectivity index (χ1n) is 4.84. The third-order valence-electron chi connectivity index (χ3n) is 2.32. The van der Waals surface area contributed by atoms with Gasteiger partial charge in [-0.1, -0.05) is 12.2 Å². The fourth-order valence-corrected chi connectivity index (χ4v) is 1.42. The Bertz CT molecular complexity index is 238. The van der Waals surface area contributed by atoms with E-state index >= 15 is 0 Å². The molecule has 0 aromatic carbocycles. The van der Waals surface area contributed by atoms with Crippen molar-refractivity contribution in [2.45, 2.75) is 18.4 Å². The lowest BCUT2D eigenvalue weighted by Gasteiger charge is -2.27. The number of nitrogens with two attached hydrogens (primary N) is 1. The lowest BCUT2D eigenvalue weighted by molar-refractivity contribution is 0.256. The van der Waals surface area contributed by atoms with E-state index in [1.807, 2.05) is 18.2 Å². The van der Waals surface area contributed by atoms with E-state index in [0.29, 0.717) is 13.0 Å². The molecule has 1 unspecified atom stereocenters. The van der Waals surface area contributed by atoms with E-state index in [-0.39, 0.29) is 13.2 Å². The first-order chi connectivity index (χ1) is 6.70. The molecule has 0 spiro atoms. The van der Waals surface area contributed by atoms with E-state index in [2.05, 4.69) is 5.32 Å². The minimum Gasteiger partial charge on any atom is -0.396 e. The predicted molar refractivity (Wildman–Crippen MR) is 55.5 cm³/mol. The summed E-state index contributed by atoms with van der Waals surface area (Å²) in [7, 11) is 0. The molecule has 0 aliphatic heterocycles. The van der Waals surface area contributed by atoms with Crippen molar-refractivity contribution in [2.75, 3.05) is 19.8 Å². The minimum absolute atomic E-state index is 0.105. The first-order valence-corrected chi connectivity index (χ1v) is 4.84. The largest absolute Gasteiger partial charge is 0.396 e. The quantitative estimate of drug-likeness (QED) is 0.480. The Kier molecular flexibility index (Phi) is 4.13. The van der Waals surface area contributed by atoms with Crippen LogP contribution in [0.2, 0.25) is 0 Å². The summed E-state index contributed by atoms with van der Waals surface area (Å²) in [4.78, 5) is 0. The van der Waals surface area contributed by atoms with Crippen LogP contribution in [0.25, 0.3) is 0 Å². The average Bonchev–Trinajstić information content (AvgIpc) is 2.17. The highest BCUT2D eigenvalue weighted by molar-refractivity contribution is 5.27. The average molecular weight is 198 g/mol. The molecule has 0 radical (unpaired) electrons. The second-order valence-electron chi connectivity index (χ2n) is 3.55. The van der Waals surface area contributed by atoms with Crippen LogP contribution in [0.3, 0.4) is 0 Å². The molecule has 0 bridgehead atoms. The van der Waals surface area contributed by atoms with E-state index in [0.717, 1.165) is 12.1 Å². The molecule has 0 fully saturated rings. The van der Waals surface area contributed by atoms with Gasteiger partial charge in [-0.05, 0) is 18.9 Å². The molecule has 0 amide bonds. The zero-order valence-electron chi connectivity index (χ0n) is 8.24. The van der Waals surface area contributed by atoms with Crippen LogP contribution in [0.1, 0.15) is 12.8 Å². The lowest BCUT2D eigenvalue weighted by Crippen LogP contribution is -2.39. The maximum Gasteiger partial charge on any atom is 0.0604 e. The summed E-state index contributed by atoms with van der Waals surface area (Å²) in [5.41, 5.74) is 6.57. The Morgan fingerprint density at radius 1 is 1.43 bits per heavy atom. The van der Waals surface area contributed by atoms with Crippen LogP contribution in [0.5, 0.6) is 0 Å². The van der Waals surface area contributed by atoms with Gasteiger partial charge in [0.25, 0.3) is 0 Å². The van der Waals surface area contributed by atoms with Crippen molar-refractivity contribution >= 4 is 0 Å². The SMILES string of the molecule is NC1(CCO)C=CC(NCCO)=CC1. The van der Waals surface area contributed by atoms with Gasteiger partial charge >= 0.3 is 0 Å². The fraction of sp³-hybridized carbons (Fsp3) is 0.600. The number of nitrogens with one attached hydrogen (secondary N) is 1. The van der Waals surface area contributed by atoms with Crippen LogP contribution in [-0.4, -0.2) is 35.5 Å². The van der Waals surface area contributed by atoms with Gasteiger partial charge in [-0.25, -0.2) is 0 Å². The summed E-state index contributed by atoms with van der Waals surface area (Å²) in [6, 6.07) is 0. The molecular formula is C10H18N2O2. The molecule has 0 aromatic heterocycles. The van der Waals surface area contributed by atoms with Crippen LogP contribution < -0.4 is 11.1 Å². The highest BCUT2D eigenvalue weighted by Gasteiger charge is 2.22. The van der Waals surface area contributed by atoms with E-state index < -0.39 is 5.54 Å². The van der Waals surface area contributed by atoms with Crippen molar-refractivity contribution in [1.82, 2.24) is 5.32 Å². The molecule has 1 aliphatic rings. The first kappa shape index (κ1) is 11.2. The summed E-state index contributed by atoms with van der Waals surface area (Å²) < 4.78 is 0. The number of hydrogen-bond donors (Lipinski definition) is 4. The van der Waals surface area contributed by atoms with Crippen molar-refractivity contribution in [3.63, 3.8) is 0 Å². The highest BCUT2D eigenvalue weighted by atomic mass is 16.3. The number of rotatable bonds is 5. The van der Waals surface area contributed by atoms with Gasteiger partial charge < -0.3 is 21.3 Å². The van der Waals surface area contributed by atoms with Gasteiger partial charge in [0.15, 0.2) is 0 Å². The number of aliphatic hydroxyl groups is 2. The molecule has 80 valence electrons. The van der Waals surface area contributed by atoms with Crippen LogP contribution in [0.4, 0.5) is 0 Å². The summed E-state index contributed by atoms with van der Waals surface area (Å²) in [5.74, 6) is 0. The van der Waals surface area contributed by atoms with E-state index in [1.54, 1.807) is 0 Å². The molecule has 5 N–H and O–H groups in total. The molecule has 4 heteroatoms. The Hall–Kier alpha value is -0.840. The topological polar surface area (TPSA) is 78.5 Å². The Morgan fingerprint density at radius 2 is 2.21 bits per heavy atom. The van der Waals surface area contributed by atoms with E-state index in [1.165, 1.54) is 0 Å².